The van der Waals surface area contributed by atoms with Gasteiger partial charge in [0.25, 0.3) is 0 Å². The number of aliphatic carboxylic acids is 1. The van der Waals surface area contributed by atoms with Crippen LogP contribution in [-0.2, 0) is 11.2 Å². The van der Waals surface area contributed by atoms with Gasteiger partial charge in [0.1, 0.15) is 17.4 Å². The Morgan fingerprint density at radius 3 is 2.38 bits per heavy atom. The van der Waals surface area contributed by atoms with E-state index >= 15 is 0 Å². The zero-order valence-corrected chi connectivity index (χ0v) is 13.0. The Morgan fingerprint density at radius 2 is 1.58 bits per heavy atom. The summed E-state index contributed by atoms with van der Waals surface area (Å²) in [5.41, 5.74) is 3.60. The molecule has 24 heavy (non-hydrogen) atoms. The number of fused-ring (bicyclic) bond motifs is 2. The molecule has 0 amide bonds. The molecule has 0 bridgehead atoms. The maximum Gasteiger partial charge on any atom is 0.315 e. The van der Waals surface area contributed by atoms with Crippen LogP contribution in [0.3, 0.4) is 0 Å². The number of carboxylic acids is 1. The zero-order valence-electron chi connectivity index (χ0n) is 13.0. The van der Waals surface area contributed by atoms with Crippen molar-refractivity contribution in [2.75, 3.05) is 0 Å². The standard InChI is InChI=1S/C21H16O3/c22-21(23)20(14-7-2-1-3-8-14)16-10-6-12-19-17(16)13-15-9-4-5-11-18(15)24-19/h1-12,20H,13H2,(H,22,23). The van der Waals surface area contributed by atoms with Gasteiger partial charge in [-0.25, -0.2) is 0 Å². The fraction of sp³-hybridized carbons (Fsp3) is 0.0952. The summed E-state index contributed by atoms with van der Waals surface area (Å²) in [4.78, 5) is 12.0. The Balaban J connectivity index is 1.84. The molecule has 4 rings (SSSR count). The van der Waals surface area contributed by atoms with Crippen LogP contribution in [0.1, 0.15) is 28.2 Å². The third-order valence-corrected chi connectivity index (χ3v) is 4.42. The second-order valence-electron chi connectivity index (χ2n) is 5.89. The molecule has 1 atom stereocenters. The van der Waals surface area contributed by atoms with E-state index in [1.54, 1.807) is 0 Å². The highest BCUT2D eigenvalue weighted by Gasteiger charge is 2.28. The molecule has 1 N–H and O–H groups in total. The van der Waals surface area contributed by atoms with Crippen molar-refractivity contribution >= 4 is 5.97 Å². The van der Waals surface area contributed by atoms with Crippen molar-refractivity contribution in [1.82, 2.24) is 0 Å². The number of ether oxygens (including phenoxy) is 1. The van der Waals surface area contributed by atoms with E-state index in [1.165, 1.54) is 0 Å². The molecule has 0 saturated heterocycles. The van der Waals surface area contributed by atoms with Gasteiger partial charge in [0.15, 0.2) is 0 Å². The average Bonchev–Trinajstić information content (AvgIpc) is 2.61. The molecule has 0 aromatic heterocycles. The molecule has 1 aliphatic rings. The van der Waals surface area contributed by atoms with E-state index in [9.17, 15) is 9.90 Å². The molecule has 3 heteroatoms. The summed E-state index contributed by atoms with van der Waals surface area (Å²) in [6.45, 7) is 0. The first-order chi connectivity index (χ1) is 11.7. The van der Waals surface area contributed by atoms with E-state index in [2.05, 4.69) is 0 Å². The van der Waals surface area contributed by atoms with Crippen molar-refractivity contribution < 1.29 is 14.6 Å². The van der Waals surface area contributed by atoms with Crippen LogP contribution in [0.25, 0.3) is 0 Å². The monoisotopic (exact) mass is 316 g/mol. The van der Waals surface area contributed by atoms with Gasteiger partial charge in [0.05, 0.1) is 0 Å². The fourth-order valence-corrected chi connectivity index (χ4v) is 3.30. The molecule has 0 fully saturated rings. The van der Waals surface area contributed by atoms with Crippen molar-refractivity contribution in [2.24, 2.45) is 0 Å². The van der Waals surface area contributed by atoms with Gasteiger partial charge >= 0.3 is 5.97 Å². The summed E-state index contributed by atoms with van der Waals surface area (Å²) >= 11 is 0. The predicted molar refractivity (Wildman–Crippen MR) is 91.7 cm³/mol. The van der Waals surface area contributed by atoms with Gasteiger partial charge in [-0.15, -0.1) is 0 Å². The highest BCUT2D eigenvalue weighted by atomic mass is 16.5. The molecule has 0 aliphatic carbocycles. The van der Waals surface area contributed by atoms with Gasteiger partial charge in [-0.05, 0) is 28.8 Å². The minimum atomic E-state index is -0.853. The third-order valence-electron chi connectivity index (χ3n) is 4.42. The van der Waals surface area contributed by atoms with E-state index in [0.29, 0.717) is 6.42 Å². The van der Waals surface area contributed by atoms with E-state index in [4.69, 9.17) is 4.74 Å². The maximum atomic E-state index is 12.0. The summed E-state index contributed by atoms with van der Waals surface area (Å²) in [5, 5.41) is 9.84. The molecule has 1 heterocycles. The maximum absolute atomic E-state index is 12.0. The smallest absolute Gasteiger partial charge is 0.315 e. The van der Waals surface area contributed by atoms with E-state index < -0.39 is 11.9 Å². The molecule has 1 unspecified atom stereocenters. The van der Waals surface area contributed by atoms with Gasteiger partial charge in [-0.2, -0.15) is 0 Å². The van der Waals surface area contributed by atoms with E-state index in [1.807, 2.05) is 72.8 Å². The number of para-hydroxylation sites is 1. The van der Waals surface area contributed by atoms with Crippen LogP contribution in [0, 0.1) is 0 Å². The Labute approximate surface area is 140 Å². The Kier molecular flexibility index (Phi) is 3.54. The topological polar surface area (TPSA) is 46.5 Å². The molecular weight excluding hydrogens is 300 g/mol. The third kappa shape index (κ3) is 2.44. The molecule has 3 nitrogen and oxygen atoms in total. The molecule has 0 saturated carbocycles. The second-order valence-corrected chi connectivity index (χ2v) is 5.89. The lowest BCUT2D eigenvalue weighted by molar-refractivity contribution is -0.137. The van der Waals surface area contributed by atoms with Crippen LogP contribution in [0.4, 0.5) is 0 Å². The summed E-state index contributed by atoms with van der Waals surface area (Å²) in [5.74, 6) is 0.0330. The van der Waals surface area contributed by atoms with Gasteiger partial charge in [-0.1, -0.05) is 60.7 Å². The lowest BCUT2D eigenvalue weighted by atomic mass is 9.85. The predicted octanol–water partition coefficient (Wildman–Crippen LogP) is 4.60. The van der Waals surface area contributed by atoms with Gasteiger partial charge in [0, 0.05) is 12.0 Å². The van der Waals surface area contributed by atoms with Gasteiger partial charge < -0.3 is 9.84 Å². The number of benzene rings is 3. The Hall–Kier alpha value is -3.07. The second kappa shape index (κ2) is 5.85. The summed E-state index contributed by atoms with van der Waals surface area (Å²) in [6, 6.07) is 22.9. The van der Waals surface area contributed by atoms with Crippen molar-refractivity contribution in [2.45, 2.75) is 12.3 Å². The number of hydrogen-bond donors (Lipinski definition) is 1. The van der Waals surface area contributed by atoms with Crippen LogP contribution >= 0.6 is 0 Å². The van der Waals surface area contributed by atoms with E-state index in [0.717, 1.165) is 33.8 Å². The molecule has 0 spiro atoms. The highest BCUT2D eigenvalue weighted by Crippen LogP contribution is 2.41. The highest BCUT2D eigenvalue weighted by molar-refractivity contribution is 5.81. The number of carbonyl (C=O) groups is 1. The molecule has 3 aromatic carbocycles. The summed E-state index contributed by atoms with van der Waals surface area (Å²) < 4.78 is 5.99. The van der Waals surface area contributed by atoms with Crippen molar-refractivity contribution in [3.05, 3.63) is 95.1 Å². The van der Waals surface area contributed by atoms with Crippen molar-refractivity contribution in [1.29, 1.82) is 0 Å². The summed E-state index contributed by atoms with van der Waals surface area (Å²) in [7, 11) is 0. The normalized spacial score (nSPS) is 13.3. The molecule has 1 aliphatic heterocycles. The van der Waals surface area contributed by atoms with E-state index in [-0.39, 0.29) is 0 Å². The summed E-state index contributed by atoms with van der Waals surface area (Å²) in [6.07, 6.45) is 0.679. The SMILES string of the molecule is O=C(O)C(c1ccccc1)c1cccc2c1Cc1ccccc1O2. The van der Waals surface area contributed by atoms with Crippen LogP contribution in [-0.4, -0.2) is 11.1 Å². The van der Waals surface area contributed by atoms with Crippen LogP contribution in [0.15, 0.2) is 72.8 Å². The molecule has 0 radical (unpaired) electrons. The van der Waals surface area contributed by atoms with Crippen molar-refractivity contribution in [3.63, 3.8) is 0 Å². The minimum Gasteiger partial charge on any atom is -0.481 e. The molecule has 3 aromatic rings. The van der Waals surface area contributed by atoms with Crippen LogP contribution in [0.2, 0.25) is 0 Å². The largest absolute Gasteiger partial charge is 0.481 e. The lowest BCUT2D eigenvalue weighted by Gasteiger charge is -2.25. The van der Waals surface area contributed by atoms with Crippen LogP contribution < -0.4 is 4.74 Å². The first-order valence-electron chi connectivity index (χ1n) is 7.89. The quantitative estimate of drug-likeness (QED) is 0.601. The first-order valence-corrected chi connectivity index (χ1v) is 7.89. The Bertz CT molecular complexity index is 900. The number of hydrogen-bond acceptors (Lipinski definition) is 2. The molecule has 118 valence electrons. The average molecular weight is 316 g/mol. The lowest BCUT2D eigenvalue weighted by Crippen LogP contribution is -2.17. The van der Waals surface area contributed by atoms with Gasteiger partial charge in [0.2, 0.25) is 0 Å². The molecular formula is C21H16O3. The zero-order chi connectivity index (χ0) is 16.5. The fourth-order valence-electron chi connectivity index (χ4n) is 3.30. The van der Waals surface area contributed by atoms with Gasteiger partial charge in [-0.3, -0.25) is 4.79 Å². The van der Waals surface area contributed by atoms with Crippen molar-refractivity contribution in [3.8, 4) is 11.5 Å². The number of rotatable bonds is 3. The van der Waals surface area contributed by atoms with Crippen LogP contribution in [0.5, 0.6) is 11.5 Å². The number of carboxylic acid groups (broad SMARTS) is 1. The Morgan fingerprint density at radius 1 is 0.875 bits per heavy atom. The first kappa shape index (κ1) is 14.5. The minimum absolute atomic E-state index is 0.679.